The first-order chi connectivity index (χ1) is 9.86. The molecule has 0 radical (unpaired) electrons. The van der Waals surface area contributed by atoms with Crippen LogP contribution in [0.2, 0.25) is 0 Å². The summed E-state index contributed by atoms with van der Waals surface area (Å²) in [6, 6.07) is 2.62. The molecule has 0 saturated heterocycles. The standard InChI is InChI=1S/C12H14N2O7/c1-2-21-9-5-3-4-7(11(9)14(19)20)13-8(12(17)18)6-10(15)16/h3-5,8,13H,2,6H2,1H3,(H,15,16)(H,17,18). The lowest BCUT2D eigenvalue weighted by atomic mass is 10.1. The molecule has 114 valence electrons. The van der Waals surface area contributed by atoms with Crippen LogP contribution in [0.3, 0.4) is 0 Å². The highest BCUT2D eigenvalue weighted by molar-refractivity contribution is 5.85. The summed E-state index contributed by atoms with van der Waals surface area (Å²) in [6.07, 6.45) is -0.717. The van der Waals surface area contributed by atoms with Gasteiger partial charge in [0.15, 0.2) is 5.75 Å². The molecule has 3 N–H and O–H groups in total. The maximum absolute atomic E-state index is 11.1. The number of para-hydroxylation sites is 1. The first-order valence-electron chi connectivity index (χ1n) is 5.98. The van der Waals surface area contributed by atoms with Crippen molar-refractivity contribution in [3.05, 3.63) is 28.3 Å². The summed E-state index contributed by atoms with van der Waals surface area (Å²) >= 11 is 0. The Morgan fingerprint density at radius 3 is 2.57 bits per heavy atom. The lowest BCUT2D eigenvalue weighted by Gasteiger charge is -2.15. The molecule has 0 bridgehead atoms. The topological polar surface area (TPSA) is 139 Å². The molecule has 0 saturated carbocycles. The van der Waals surface area contributed by atoms with E-state index in [0.29, 0.717) is 0 Å². The van der Waals surface area contributed by atoms with E-state index >= 15 is 0 Å². The van der Waals surface area contributed by atoms with Crippen molar-refractivity contribution in [2.75, 3.05) is 11.9 Å². The Labute approximate surface area is 119 Å². The van der Waals surface area contributed by atoms with E-state index in [1.54, 1.807) is 6.92 Å². The Morgan fingerprint density at radius 1 is 1.43 bits per heavy atom. The van der Waals surface area contributed by atoms with Gasteiger partial charge in [0.05, 0.1) is 18.0 Å². The minimum atomic E-state index is -1.49. The molecule has 1 atom stereocenters. The number of hydrogen-bond acceptors (Lipinski definition) is 6. The van der Waals surface area contributed by atoms with Gasteiger partial charge in [-0.3, -0.25) is 14.9 Å². The van der Waals surface area contributed by atoms with E-state index in [4.69, 9.17) is 14.9 Å². The maximum atomic E-state index is 11.1. The maximum Gasteiger partial charge on any atom is 0.333 e. The highest BCUT2D eigenvalue weighted by atomic mass is 16.6. The van der Waals surface area contributed by atoms with Gasteiger partial charge in [-0.2, -0.15) is 0 Å². The quantitative estimate of drug-likeness (QED) is 0.482. The number of carboxylic acids is 2. The molecule has 0 fully saturated rings. The first kappa shape index (κ1) is 16.2. The van der Waals surface area contributed by atoms with E-state index in [2.05, 4.69) is 5.32 Å². The number of benzene rings is 1. The molecular formula is C12H14N2O7. The summed E-state index contributed by atoms with van der Waals surface area (Å²) in [5.74, 6) is -2.78. The smallest absolute Gasteiger partial charge is 0.333 e. The van der Waals surface area contributed by atoms with Crippen LogP contribution in [0.5, 0.6) is 5.75 Å². The molecule has 0 aliphatic carbocycles. The number of ether oxygens (including phenoxy) is 1. The number of hydrogen-bond donors (Lipinski definition) is 3. The lowest BCUT2D eigenvalue weighted by Crippen LogP contribution is -2.32. The Hall–Kier alpha value is -2.84. The molecule has 9 nitrogen and oxygen atoms in total. The SMILES string of the molecule is CCOc1cccc(NC(CC(=O)O)C(=O)O)c1[N+](=O)[O-]. The van der Waals surface area contributed by atoms with Crippen LogP contribution in [0.15, 0.2) is 18.2 Å². The molecule has 0 aliphatic heterocycles. The summed E-state index contributed by atoms with van der Waals surface area (Å²) in [4.78, 5) is 32.0. The second-order valence-electron chi connectivity index (χ2n) is 3.98. The highest BCUT2D eigenvalue weighted by Crippen LogP contribution is 2.35. The van der Waals surface area contributed by atoms with Crippen LogP contribution in [-0.4, -0.2) is 39.7 Å². The van der Waals surface area contributed by atoms with E-state index in [0.717, 1.165) is 0 Å². The summed E-state index contributed by atoms with van der Waals surface area (Å²) in [6.45, 7) is 1.84. The molecule has 1 unspecified atom stereocenters. The average molecular weight is 298 g/mol. The zero-order valence-electron chi connectivity index (χ0n) is 11.1. The zero-order chi connectivity index (χ0) is 16.0. The van der Waals surface area contributed by atoms with Crippen molar-refractivity contribution in [1.82, 2.24) is 0 Å². The summed E-state index contributed by atoms with van der Waals surface area (Å²) in [5.41, 5.74) is -0.546. The van der Waals surface area contributed by atoms with Crippen LogP contribution in [0.4, 0.5) is 11.4 Å². The van der Waals surface area contributed by atoms with Gasteiger partial charge in [0.1, 0.15) is 11.7 Å². The van der Waals surface area contributed by atoms with Crippen LogP contribution in [0, 0.1) is 10.1 Å². The predicted molar refractivity (Wildman–Crippen MR) is 71.6 cm³/mol. The Kier molecular flexibility index (Phi) is 5.47. The van der Waals surface area contributed by atoms with E-state index in [-0.39, 0.29) is 18.0 Å². The second-order valence-corrected chi connectivity index (χ2v) is 3.98. The van der Waals surface area contributed by atoms with Crippen LogP contribution in [0.25, 0.3) is 0 Å². The largest absolute Gasteiger partial charge is 0.487 e. The Morgan fingerprint density at radius 2 is 2.10 bits per heavy atom. The van der Waals surface area contributed by atoms with Crippen LogP contribution in [0.1, 0.15) is 13.3 Å². The third-order valence-electron chi connectivity index (χ3n) is 2.49. The lowest BCUT2D eigenvalue weighted by molar-refractivity contribution is -0.385. The van der Waals surface area contributed by atoms with Crippen LogP contribution >= 0.6 is 0 Å². The number of nitro benzene ring substituents is 1. The van der Waals surface area contributed by atoms with Gasteiger partial charge in [0.25, 0.3) is 0 Å². The number of rotatable bonds is 8. The molecule has 1 rings (SSSR count). The molecule has 0 amide bonds. The third-order valence-corrected chi connectivity index (χ3v) is 2.49. The number of aliphatic carboxylic acids is 2. The Bertz CT molecular complexity index is 559. The van der Waals surface area contributed by atoms with Gasteiger partial charge in [-0.25, -0.2) is 4.79 Å². The van der Waals surface area contributed by atoms with Gasteiger partial charge in [-0.15, -0.1) is 0 Å². The van der Waals surface area contributed by atoms with Gasteiger partial charge < -0.3 is 20.3 Å². The molecule has 1 aromatic rings. The van der Waals surface area contributed by atoms with E-state index in [1.807, 2.05) is 0 Å². The highest BCUT2D eigenvalue weighted by Gasteiger charge is 2.27. The summed E-state index contributed by atoms with van der Waals surface area (Å²) in [7, 11) is 0. The van der Waals surface area contributed by atoms with Crippen molar-refractivity contribution in [2.45, 2.75) is 19.4 Å². The Balaban J connectivity index is 3.16. The fourth-order valence-electron chi connectivity index (χ4n) is 1.66. The van der Waals surface area contributed by atoms with Crippen molar-refractivity contribution in [2.24, 2.45) is 0 Å². The average Bonchev–Trinajstić information content (AvgIpc) is 2.37. The summed E-state index contributed by atoms with van der Waals surface area (Å²) < 4.78 is 5.12. The first-order valence-corrected chi connectivity index (χ1v) is 5.98. The molecule has 0 heterocycles. The second kappa shape index (κ2) is 7.08. The third kappa shape index (κ3) is 4.34. The zero-order valence-corrected chi connectivity index (χ0v) is 11.1. The van der Waals surface area contributed by atoms with E-state index in [1.165, 1.54) is 18.2 Å². The summed E-state index contributed by atoms with van der Waals surface area (Å²) in [5, 5.41) is 31.1. The molecule has 1 aromatic carbocycles. The fraction of sp³-hybridized carbons (Fsp3) is 0.333. The van der Waals surface area contributed by atoms with Gasteiger partial charge >= 0.3 is 17.6 Å². The van der Waals surface area contributed by atoms with Crippen molar-refractivity contribution < 1.29 is 29.5 Å². The van der Waals surface area contributed by atoms with Crippen molar-refractivity contribution >= 4 is 23.3 Å². The number of nitrogens with one attached hydrogen (secondary N) is 1. The number of nitro groups is 1. The van der Waals surface area contributed by atoms with E-state index < -0.39 is 35.0 Å². The van der Waals surface area contributed by atoms with Crippen LogP contribution in [-0.2, 0) is 9.59 Å². The molecule has 0 aromatic heterocycles. The monoisotopic (exact) mass is 298 g/mol. The van der Waals surface area contributed by atoms with Gasteiger partial charge in [0.2, 0.25) is 0 Å². The molecule has 21 heavy (non-hydrogen) atoms. The van der Waals surface area contributed by atoms with Crippen molar-refractivity contribution in [3.8, 4) is 5.75 Å². The number of carbonyl (C=O) groups is 2. The van der Waals surface area contributed by atoms with Gasteiger partial charge in [-0.1, -0.05) is 6.07 Å². The van der Waals surface area contributed by atoms with Crippen molar-refractivity contribution in [3.63, 3.8) is 0 Å². The minimum Gasteiger partial charge on any atom is -0.487 e. The van der Waals surface area contributed by atoms with Gasteiger partial charge in [0, 0.05) is 0 Å². The fourth-order valence-corrected chi connectivity index (χ4v) is 1.66. The van der Waals surface area contributed by atoms with Crippen LogP contribution < -0.4 is 10.1 Å². The molecular weight excluding hydrogens is 284 g/mol. The van der Waals surface area contributed by atoms with E-state index in [9.17, 15) is 19.7 Å². The predicted octanol–water partition coefficient (Wildman–Crippen LogP) is 1.33. The molecule has 0 spiro atoms. The molecule has 0 aliphatic rings. The molecule has 9 heteroatoms. The minimum absolute atomic E-state index is 0.0213. The normalized spacial score (nSPS) is 11.5. The van der Waals surface area contributed by atoms with Crippen molar-refractivity contribution in [1.29, 1.82) is 0 Å². The number of nitrogens with zero attached hydrogens (tertiary/aromatic N) is 1. The van der Waals surface area contributed by atoms with Gasteiger partial charge in [-0.05, 0) is 19.1 Å². The number of anilines is 1. The number of carboxylic acid groups (broad SMARTS) is 2.